The number of ketones is 3. The first kappa shape index (κ1) is 20.9. The Hall–Kier alpha value is -1.34. The molecule has 0 bridgehead atoms. The van der Waals surface area contributed by atoms with Gasteiger partial charge in [-0.15, -0.1) is 0 Å². The SMILES string of the molecule is C[C@]12CC[C@H]3[C@@H](CCC4=CC(=O)C(=O)C[C@@]43C)[C@@H]1CC[C@@H]2C(=O)COS(C)(=O)=O. The van der Waals surface area contributed by atoms with Gasteiger partial charge in [-0.05, 0) is 73.2 Å². The highest BCUT2D eigenvalue weighted by Crippen LogP contribution is 2.66. The number of allylic oxidation sites excluding steroid dienone is 1. The second-order valence-corrected chi connectivity index (χ2v) is 11.7. The standard InChI is InChI=1S/C22H30O6S/c1-21-9-8-16-14(5-4-13-10-18(23)19(24)11-22(13,16)2)15(21)6-7-17(21)20(25)12-28-29(3,26)27/h10,14-17H,4-9,11-12H2,1-3H3/t14-,15-,16-,17+,21-,22-/m0/s1. The minimum Gasteiger partial charge on any atom is -0.297 e. The zero-order valence-corrected chi connectivity index (χ0v) is 18.2. The van der Waals surface area contributed by atoms with E-state index in [1.54, 1.807) is 6.08 Å². The van der Waals surface area contributed by atoms with Gasteiger partial charge in [-0.2, -0.15) is 8.42 Å². The molecule has 4 aliphatic carbocycles. The first-order valence-electron chi connectivity index (χ1n) is 10.6. The summed E-state index contributed by atoms with van der Waals surface area (Å²) in [6.07, 6.45) is 8.26. The average Bonchev–Trinajstić information content (AvgIpc) is 2.98. The fourth-order valence-corrected chi connectivity index (χ4v) is 7.59. The first-order valence-corrected chi connectivity index (χ1v) is 12.4. The molecule has 29 heavy (non-hydrogen) atoms. The minimum absolute atomic E-state index is 0.111. The predicted octanol–water partition coefficient (Wildman–Crippen LogP) is 2.86. The van der Waals surface area contributed by atoms with Crippen molar-refractivity contribution in [2.24, 2.45) is 34.5 Å². The van der Waals surface area contributed by atoms with Crippen molar-refractivity contribution in [1.29, 1.82) is 0 Å². The van der Waals surface area contributed by atoms with Crippen molar-refractivity contribution in [2.75, 3.05) is 12.9 Å². The fraction of sp³-hybridized carbons (Fsp3) is 0.773. The van der Waals surface area contributed by atoms with Gasteiger partial charge in [0.15, 0.2) is 5.78 Å². The number of carbonyl (C=O) groups is 3. The van der Waals surface area contributed by atoms with Crippen LogP contribution in [0.1, 0.15) is 58.8 Å². The van der Waals surface area contributed by atoms with Gasteiger partial charge in [0.05, 0.1) is 6.26 Å². The van der Waals surface area contributed by atoms with E-state index in [1.165, 1.54) is 0 Å². The molecule has 0 aromatic rings. The fourth-order valence-electron chi connectivity index (χ4n) is 7.26. The van der Waals surface area contributed by atoms with E-state index in [2.05, 4.69) is 13.8 Å². The van der Waals surface area contributed by atoms with E-state index in [4.69, 9.17) is 4.18 Å². The third kappa shape index (κ3) is 3.34. The van der Waals surface area contributed by atoms with E-state index in [0.717, 1.165) is 50.4 Å². The second-order valence-electron chi connectivity index (χ2n) is 10.1. The summed E-state index contributed by atoms with van der Waals surface area (Å²) in [7, 11) is -3.63. The zero-order chi connectivity index (χ0) is 21.2. The molecular weight excluding hydrogens is 392 g/mol. The molecule has 7 heteroatoms. The molecule has 4 aliphatic rings. The highest BCUT2D eigenvalue weighted by molar-refractivity contribution is 7.86. The van der Waals surface area contributed by atoms with E-state index in [1.807, 2.05) is 0 Å². The minimum atomic E-state index is -3.63. The molecule has 0 heterocycles. The summed E-state index contributed by atoms with van der Waals surface area (Å²) >= 11 is 0. The van der Waals surface area contributed by atoms with E-state index in [0.29, 0.717) is 24.2 Å². The molecule has 0 saturated heterocycles. The number of hydrogen-bond donors (Lipinski definition) is 0. The molecule has 0 aliphatic heterocycles. The van der Waals surface area contributed by atoms with Gasteiger partial charge in [0.25, 0.3) is 10.1 Å². The highest BCUT2D eigenvalue weighted by Gasteiger charge is 2.60. The summed E-state index contributed by atoms with van der Waals surface area (Å²) in [5, 5.41) is 0. The Morgan fingerprint density at radius 2 is 1.86 bits per heavy atom. The lowest BCUT2D eigenvalue weighted by Crippen LogP contribution is -2.52. The molecule has 0 aromatic carbocycles. The Morgan fingerprint density at radius 3 is 2.55 bits per heavy atom. The van der Waals surface area contributed by atoms with Crippen molar-refractivity contribution in [3.8, 4) is 0 Å². The topological polar surface area (TPSA) is 94.6 Å². The Bertz CT molecular complexity index is 902. The average molecular weight is 423 g/mol. The summed E-state index contributed by atoms with van der Waals surface area (Å²) < 4.78 is 27.4. The van der Waals surface area contributed by atoms with Crippen molar-refractivity contribution >= 4 is 27.5 Å². The third-order valence-corrected chi connectivity index (χ3v) is 9.19. The summed E-state index contributed by atoms with van der Waals surface area (Å²) in [6.45, 7) is 3.97. The lowest BCUT2D eigenvalue weighted by atomic mass is 9.46. The van der Waals surface area contributed by atoms with Gasteiger partial charge >= 0.3 is 0 Å². The predicted molar refractivity (Wildman–Crippen MR) is 106 cm³/mol. The largest absolute Gasteiger partial charge is 0.297 e. The molecule has 0 aromatic heterocycles. The third-order valence-electron chi connectivity index (χ3n) is 8.65. The van der Waals surface area contributed by atoms with Gasteiger partial charge < -0.3 is 0 Å². The summed E-state index contributed by atoms with van der Waals surface area (Å²) in [4.78, 5) is 36.9. The lowest BCUT2D eigenvalue weighted by Gasteiger charge is -2.57. The maximum atomic E-state index is 12.8. The van der Waals surface area contributed by atoms with Gasteiger partial charge in [-0.3, -0.25) is 18.6 Å². The van der Waals surface area contributed by atoms with Gasteiger partial charge in [0, 0.05) is 12.3 Å². The highest BCUT2D eigenvalue weighted by atomic mass is 32.2. The Kier molecular flexibility index (Phi) is 4.93. The molecule has 6 atom stereocenters. The zero-order valence-electron chi connectivity index (χ0n) is 17.4. The van der Waals surface area contributed by atoms with E-state index >= 15 is 0 Å². The van der Waals surface area contributed by atoms with Crippen molar-refractivity contribution < 1.29 is 27.0 Å². The molecule has 6 nitrogen and oxygen atoms in total. The maximum absolute atomic E-state index is 12.8. The molecule has 0 N–H and O–H groups in total. The Morgan fingerprint density at radius 1 is 1.14 bits per heavy atom. The molecule has 3 fully saturated rings. The van der Waals surface area contributed by atoms with Crippen LogP contribution in [0.2, 0.25) is 0 Å². The van der Waals surface area contributed by atoms with E-state index in [9.17, 15) is 22.8 Å². The van der Waals surface area contributed by atoms with Crippen LogP contribution in [0, 0.1) is 34.5 Å². The first-order chi connectivity index (χ1) is 13.5. The lowest BCUT2D eigenvalue weighted by molar-refractivity contribution is -0.139. The van der Waals surface area contributed by atoms with Crippen molar-refractivity contribution in [3.05, 3.63) is 11.6 Å². The molecule has 4 rings (SSSR count). The number of fused-ring (bicyclic) bond motifs is 5. The summed E-state index contributed by atoms with van der Waals surface area (Å²) in [6, 6.07) is 0. The molecule has 0 spiro atoms. The quantitative estimate of drug-likeness (QED) is 0.511. The number of hydrogen-bond acceptors (Lipinski definition) is 6. The summed E-state index contributed by atoms with van der Waals surface area (Å²) in [5.41, 5.74) is 0.751. The number of rotatable bonds is 4. The second kappa shape index (κ2) is 6.84. The molecule has 160 valence electrons. The number of Topliss-reactive ketones (excluding diaryl/α,β-unsaturated/α-hetero) is 2. The summed E-state index contributed by atoms with van der Waals surface area (Å²) in [5.74, 6) is 0.273. The van der Waals surface area contributed by atoms with Crippen LogP contribution in [0.3, 0.4) is 0 Å². The van der Waals surface area contributed by atoms with Crippen LogP contribution in [0.4, 0.5) is 0 Å². The Balaban J connectivity index is 1.57. The molecule has 0 amide bonds. The van der Waals surface area contributed by atoms with Crippen LogP contribution in [-0.4, -0.2) is 38.6 Å². The number of carbonyl (C=O) groups excluding carboxylic acids is 3. The molecular formula is C22H30O6S. The van der Waals surface area contributed by atoms with Crippen LogP contribution in [0.15, 0.2) is 11.6 Å². The van der Waals surface area contributed by atoms with Crippen molar-refractivity contribution in [3.63, 3.8) is 0 Å². The van der Waals surface area contributed by atoms with E-state index < -0.39 is 10.1 Å². The van der Waals surface area contributed by atoms with Crippen LogP contribution < -0.4 is 0 Å². The smallest absolute Gasteiger partial charge is 0.264 e. The molecule has 3 saturated carbocycles. The van der Waals surface area contributed by atoms with Crippen LogP contribution >= 0.6 is 0 Å². The van der Waals surface area contributed by atoms with Crippen LogP contribution in [-0.2, 0) is 28.7 Å². The monoisotopic (exact) mass is 422 g/mol. The van der Waals surface area contributed by atoms with Crippen molar-refractivity contribution in [1.82, 2.24) is 0 Å². The van der Waals surface area contributed by atoms with Crippen molar-refractivity contribution in [2.45, 2.75) is 58.8 Å². The molecule has 0 radical (unpaired) electrons. The van der Waals surface area contributed by atoms with Gasteiger partial charge in [-0.1, -0.05) is 19.4 Å². The van der Waals surface area contributed by atoms with Gasteiger partial charge in [-0.25, -0.2) is 0 Å². The van der Waals surface area contributed by atoms with Crippen LogP contribution in [0.5, 0.6) is 0 Å². The maximum Gasteiger partial charge on any atom is 0.264 e. The molecule has 0 unspecified atom stereocenters. The normalized spacial score (nSPS) is 42.0. The van der Waals surface area contributed by atoms with Crippen LogP contribution in [0.25, 0.3) is 0 Å². The Labute approximate surface area is 172 Å². The van der Waals surface area contributed by atoms with Gasteiger partial charge in [0.1, 0.15) is 6.61 Å². The van der Waals surface area contributed by atoms with E-state index in [-0.39, 0.29) is 40.7 Å². The van der Waals surface area contributed by atoms with Gasteiger partial charge in [0.2, 0.25) is 11.6 Å².